The Hall–Kier alpha value is -1.28. The van der Waals surface area contributed by atoms with E-state index in [0.717, 1.165) is 38.5 Å². The fourth-order valence-electron chi connectivity index (χ4n) is 11.2. The number of likely N-dealkylation sites (N-methyl/N-ethyl adjacent to an activating group) is 1. The van der Waals surface area contributed by atoms with Gasteiger partial charge in [0.1, 0.15) is 13.2 Å². The van der Waals surface area contributed by atoms with Crippen molar-refractivity contribution in [1.82, 2.24) is 5.32 Å². The van der Waals surface area contributed by atoms with Gasteiger partial charge in [-0.15, -0.1) is 0 Å². The Morgan fingerprint density at radius 1 is 0.415 bits per heavy atom. The van der Waals surface area contributed by atoms with Gasteiger partial charge in [-0.25, -0.2) is 0 Å². The summed E-state index contributed by atoms with van der Waals surface area (Å²) in [6.07, 6.45) is 85.8. The fraction of sp³-hybridized carbons (Fsp3) is 0.904. The Bertz CT molecular complexity index is 1430. The van der Waals surface area contributed by atoms with Crippen molar-refractivity contribution in [2.45, 2.75) is 386 Å². The van der Waals surface area contributed by atoms with Crippen LogP contribution in [0.15, 0.2) is 36.5 Å². The van der Waals surface area contributed by atoms with Crippen LogP contribution in [0.4, 0.5) is 0 Å². The molecule has 0 aromatic rings. The predicted octanol–water partition coefficient (Wildman–Crippen LogP) is 22.6. The maximum absolute atomic E-state index is 13.0. The van der Waals surface area contributed by atoms with Gasteiger partial charge in [-0.2, -0.15) is 0 Å². The highest BCUT2D eigenvalue weighted by molar-refractivity contribution is 7.45. The molecule has 8 nitrogen and oxygen atoms in total. The number of amides is 1. The average molecular weight is 1180 g/mol. The van der Waals surface area contributed by atoms with Crippen LogP contribution in [-0.2, 0) is 18.4 Å². The molecule has 3 unspecified atom stereocenters. The van der Waals surface area contributed by atoms with Gasteiger partial charge >= 0.3 is 0 Å². The van der Waals surface area contributed by atoms with Gasteiger partial charge in [-0.1, -0.05) is 346 Å². The quantitative estimate of drug-likeness (QED) is 0.0272. The minimum atomic E-state index is -4.61. The number of phosphoric ester groups is 1. The average Bonchev–Trinajstić information content (AvgIpc) is 3.47. The number of aliphatic hydroxyl groups excluding tert-OH is 1. The van der Waals surface area contributed by atoms with E-state index in [4.69, 9.17) is 9.05 Å². The molecule has 0 heterocycles. The van der Waals surface area contributed by atoms with E-state index < -0.39 is 20.0 Å². The van der Waals surface area contributed by atoms with Gasteiger partial charge in [0.2, 0.25) is 5.91 Å². The van der Waals surface area contributed by atoms with Crippen molar-refractivity contribution in [3.63, 3.8) is 0 Å². The van der Waals surface area contributed by atoms with Gasteiger partial charge in [0, 0.05) is 6.42 Å². The molecule has 1 amide bonds. The van der Waals surface area contributed by atoms with Crippen LogP contribution < -0.4 is 10.2 Å². The van der Waals surface area contributed by atoms with Gasteiger partial charge in [0.15, 0.2) is 0 Å². The molecule has 82 heavy (non-hydrogen) atoms. The van der Waals surface area contributed by atoms with E-state index in [1.165, 1.54) is 315 Å². The Balaban J connectivity index is 3.99. The highest BCUT2D eigenvalue weighted by atomic mass is 31.2. The van der Waals surface area contributed by atoms with Crippen LogP contribution in [0.3, 0.4) is 0 Å². The van der Waals surface area contributed by atoms with Crippen LogP contribution in [-0.4, -0.2) is 68.5 Å². The molecule has 2 N–H and O–H groups in total. The van der Waals surface area contributed by atoms with Gasteiger partial charge in [0.25, 0.3) is 7.82 Å². The van der Waals surface area contributed by atoms with E-state index in [-0.39, 0.29) is 19.1 Å². The van der Waals surface area contributed by atoms with E-state index in [2.05, 4.69) is 43.5 Å². The summed E-state index contributed by atoms with van der Waals surface area (Å²) >= 11 is 0. The zero-order chi connectivity index (χ0) is 59.8. The number of allylic oxidation sites excluding steroid dienone is 5. The molecular weight excluding hydrogens is 1030 g/mol. The minimum absolute atomic E-state index is 0.00465. The second-order valence-corrected chi connectivity index (χ2v) is 27.7. The van der Waals surface area contributed by atoms with Crippen molar-refractivity contribution in [1.29, 1.82) is 0 Å². The van der Waals surface area contributed by atoms with Gasteiger partial charge < -0.3 is 28.8 Å². The Morgan fingerprint density at radius 3 is 0.988 bits per heavy atom. The number of rotatable bonds is 68. The maximum Gasteiger partial charge on any atom is 0.268 e. The lowest BCUT2D eigenvalue weighted by Crippen LogP contribution is -2.45. The lowest BCUT2D eigenvalue weighted by Gasteiger charge is -2.29. The number of hydrogen-bond acceptors (Lipinski definition) is 6. The first-order valence-corrected chi connectivity index (χ1v) is 37.8. The number of hydrogen-bond donors (Lipinski definition) is 2. The SMILES string of the molecule is CCCCCCCCCCCCCCCCCC/C=C\CCCCCCCCCCCCCCCCCCCC(=O)NC(COP(=O)([O-])OCC[N+](C)(C)C)C(O)/C=C/CC/C=C/CCCCCCCCCCCCCCCCCCC. The third-order valence-electron chi connectivity index (χ3n) is 16.8. The molecule has 0 rings (SSSR count). The van der Waals surface area contributed by atoms with Crippen LogP contribution >= 0.6 is 7.82 Å². The number of carbonyl (C=O) groups excluding carboxylic acids is 1. The largest absolute Gasteiger partial charge is 0.756 e. The standard InChI is InChI=1S/C73H143N2O6P/c1-6-8-10-12-14-16-18-20-22-24-26-28-30-31-32-33-34-35-36-37-38-39-40-41-42-43-45-47-49-51-53-55-57-59-61-63-65-67-73(77)74-71(70-81-82(78,79)80-69-68-75(3,4)5)72(76)66-64-62-60-58-56-54-52-50-48-46-44-29-27-25-23-21-19-17-15-13-11-9-7-2/h35-36,56,58,64,66,71-72,76H,6-34,37-55,57,59-63,65,67-70H2,1-5H3,(H-,74,77,78,79)/b36-35-,58-56+,66-64+. The maximum atomic E-state index is 13.0. The second-order valence-electron chi connectivity index (χ2n) is 26.3. The summed E-state index contributed by atoms with van der Waals surface area (Å²) in [7, 11) is 1.26. The zero-order valence-corrected chi connectivity index (χ0v) is 56.6. The Morgan fingerprint density at radius 2 is 0.683 bits per heavy atom. The van der Waals surface area contributed by atoms with Crippen molar-refractivity contribution in [3.05, 3.63) is 36.5 Å². The smallest absolute Gasteiger partial charge is 0.268 e. The van der Waals surface area contributed by atoms with E-state index >= 15 is 0 Å². The second kappa shape index (κ2) is 64.2. The molecule has 0 aromatic heterocycles. The number of nitrogens with one attached hydrogen (secondary N) is 1. The summed E-state index contributed by atoms with van der Waals surface area (Å²) in [6, 6.07) is -0.904. The lowest BCUT2D eigenvalue weighted by atomic mass is 10.0. The first kappa shape index (κ1) is 80.7. The molecule has 0 saturated carbocycles. The monoisotopic (exact) mass is 1180 g/mol. The summed E-state index contributed by atoms with van der Waals surface area (Å²) in [5, 5.41) is 13.9. The third kappa shape index (κ3) is 66.2. The number of quaternary nitrogens is 1. The molecule has 0 radical (unpaired) electrons. The summed E-state index contributed by atoms with van der Waals surface area (Å²) in [5.74, 6) is -0.200. The van der Waals surface area contributed by atoms with Gasteiger partial charge in [-0.05, 0) is 57.8 Å². The summed E-state index contributed by atoms with van der Waals surface area (Å²) in [4.78, 5) is 25.6. The van der Waals surface area contributed by atoms with Gasteiger partial charge in [0.05, 0.1) is 39.9 Å². The molecule has 0 fully saturated rings. The highest BCUT2D eigenvalue weighted by Crippen LogP contribution is 2.38. The summed E-state index contributed by atoms with van der Waals surface area (Å²) < 4.78 is 23.4. The van der Waals surface area contributed by atoms with Crippen LogP contribution in [0.25, 0.3) is 0 Å². The lowest BCUT2D eigenvalue weighted by molar-refractivity contribution is -0.870. The van der Waals surface area contributed by atoms with Crippen molar-refractivity contribution >= 4 is 13.7 Å². The van der Waals surface area contributed by atoms with E-state index in [9.17, 15) is 19.4 Å². The highest BCUT2D eigenvalue weighted by Gasteiger charge is 2.23. The molecule has 0 aromatic carbocycles. The normalized spacial score (nSPS) is 13.8. The molecule has 9 heteroatoms. The molecule has 0 spiro atoms. The van der Waals surface area contributed by atoms with Gasteiger partial charge in [-0.3, -0.25) is 9.36 Å². The number of nitrogens with zero attached hydrogens (tertiary/aromatic N) is 1. The van der Waals surface area contributed by atoms with Crippen LogP contribution in [0.1, 0.15) is 373 Å². The summed E-state index contributed by atoms with van der Waals surface area (Å²) in [5.41, 5.74) is 0. The van der Waals surface area contributed by atoms with E-state index in [1.54, 1.807) is 6.08 Å². The molecule has 0 saturated heterocycles. The fourth-order valence-corrected chi connectivity index (χ4v) is 11.9. The van der Waals surface area contributed by atoms with Crippen LogP contribution in [0.2, 0.25) is 0 Å². The number of carbonyl (C=O) groups is 1. The zero-order valence-electron chi connectivity index (χ0n) is 55.7. The predicted molar refractivity (Wildman–Crippen MR) is 358 cm³/mol. The van der Waals surface area contributed by atoms with Crippen LogP contribution in [0.5, 0.6) is 0 Å². The topological polar surface area (TPSA) is 108 Å². The number of phosphoric acid groups is 1. The molecule has 486 valence electrons. The van der Waals surface area contributed by atoms with E-state index in [0.29, 0.717) is 17.4 Å². The molecule has 0 aliphatic carbocycles. The number of aliphatic hydroxyl groups is 1. The summed E-state index contributed by atoms with van der Waals surface area (Å²) in [6.45, 7) is 4.69. The first-order valence-electron chi connectivity index (χ1n) is 36.4. The molecule has 0 aliphatic heterocycles. The minimum Gasteiger partial charge on any atom is -0.756 e. The van der Waals surface area contributed by atoms with Crippen molar-refractivity contribution < 1.29 is 32.9 Å². The molecular formula is C73H143N2O6P. The third-order valence-corrected chi connectivity index (χ3v) is 17.8. The number of unbranched alkanes of at least 4 members (excludes halogenated alkanes) is 51. The first-order chi connectivity index (χ1) is 40.0. The van der Waals surface area contributed by atoms with E-state index in [1.807, 2.05) is 27.2 Å². The van der Waals surface area contributed by atoms with Crippen LogP contribution in [0, 0.1) is 0 Å². The Labute approximate surface area is 512 Å². The molecule has 3 atom stereocenters. The Kier molecular flexibility index (Phi) is 63.2. The van der Waals surface area contributed by atoms with Crippen molar-refractivity contribution in [2.75, 3.05) is 40.9 Å². The van der Waals surface area contributed by atoms with Crippen molar-refractivity contribution in [2.24, 2.45) is 0 Å². The molecule has 0 aliphatic rings. The molecule has 0 bridgehead atoms. The van der Waals surface area contributed by atoms with Crippen molar-refractivity contribution in [3.8, 4) is 0 Å².